The number of hydrogen-bond acceptors (Lipinski definition) is 3. The average molecular weight is 242 g/mol. The Morgan fingerprint density at radius 3 is 2.29 bits per heavy atom. The number of ether oxygens (including phenoxy) is 1. The molecule has 0 atom stereocenters. The summed E-state index contributed by atoms with van der Waals surface area (Å²) < 4.78 is 5.41. The number of carbonyl (C=O) groups excluding carboxylic acids is 1. The predicted octanol–water partition coefficient (Wildman–Crippen LogP) is 2.34. The van der Waals surface area contributed by atoms with Crippen molar-refractivity contribution in [2.45, 2.75) is 52.7 Å². The van der Waals surface area contributed by atoms with Crippen LogP contribution in [-0.2, 0) is 4.74 Å². The van der Waals surface area contributed by atoms with E-state index >= 15 is 0 Å². The van der Waals surface area contributed by atoms with Crippen molar-refractivity contribution >= 4 is 6.09 Å². The fourth-order valence-electron chi connectivity index (χ4n) is 2.26. The zero-order valence-electron chi connectivity index (χ0n) is 12.0. The van der Waals surface area contributed by atoms with E-state index in [2.05, 4.69) is 25.7 Å². The molecule has 0 bridgehead atoms. The van der Waals surface area contributed by atoms with E-state index in [0.29, 0.717) is 0 Å². The number of nitrogens with zero attached hydrogens (tertiary/aromatic N) is 2. The summed E-state index contributed by atoms with van der Waals surface area (Å²) in [6.45, 7) is 15.6. The van der Waals surface area contributed by atoms with Crippen molar-refractivity contribution in [1.82, 2.24) is 9.80 Å². The van der Waals surface area contributed by atoms with Gasteiger partial charge in [0.15, 0.2) is 0 Å². The third-order valence-electron chi connectivity index (χ3n) is 3.11. The Morgan fingerprint density at radius 2 is 1.88 bits per heavy atom. The molecule has 1 amide bonds. The van der Waals surface area contributed by atoms with Crippen molar-refractivity contribution in [3.05, 3.63) is 0 Å². The van der Waals surface area contributed by atoms with E-state index in [1.54, 1.807) is 0 Å². The van der Waals surface area contributed by atoms with Gasteiger partial charge in [-0.15, -0.1) is 0 Å². The van der Waals surface area contributed by atoms with Gasteiger partial charge >= 0.3 is 6.09 Å². The minimum atomic E-state index is -0.414. The molecule has 1 aliphatic rings. The molecular weight excluding hydrogens is 216 g/mol. The molecule has 0 radical (unpaired) electrons. The van der Waals surface area contributed by atoms with Gasteiger partial charge in [0.05, 0.1) is 0 Å². The lowest BCUT2D eigenvalue weighted by atomic mass is 9.99. The predicted molar refractivity (Wildman–Crippen MR) is 69.1 cm³/mol. The molecule has 1 aliphatic heterocycles. The van der Waals surface area contributed by atoms with Gasteiger partial charge in [0.25, 0.3) is 0 Å². The van der Waals surface area contributed by atoms with Crippen molar-refractivity contribution in [2.24, 2.45) is 0 Å². The van der Waals surface area contributed by atoms with Crippen LogP contribution in [-0.4, -0.2) is 53.2 Å². The molecule has 1 heterocycles. The van der Waals surface area contributed by atoms with Crippen LogP contribution in [0.1, 0.15) is 41.5 Å². The molecule has 0 aromatic carbocycles. The second kappa shape index (κ2) is 4.84. The van der Waals surface area contributed by atoms with Gasteiger partial charge in [-0.05, 0) is 41.2 Å². The first-order valence-corrected chi connectivity index (χ1v) is 6.39. The molecule has 100 valence electrons. The molecule has 0 N–H and O–H groups in total. The molecule has 1 fully saturated rings. The minimum absolute atomic E-state index is 0.0317. The van der Waals surface area contributed by atoms with Crippen LogP contribution in [0.15, 0.2) is 0 Å². The van der Waals surface area contributed by atoms with Gasteiger partial charge in [-0.1, -0.05) is 6.92 Å². The van der Waals surface area contributed by atoms with Crippen molar-refractivity contribution in [2.75, 3.05) is 26.2 Å². The first-order chi connectivity index (χ1) is 7.65. The van der Waals surface area contributed by atoms with Gasteiger partial charge in [-0.3, -0.25) is 4.90 Å². The summed E-state index contributed by atoms with van der Waals surface area (Å²) in [6, 6.07) is 0. The Labute approximate surface area is 105 Å². The van der Waals surface area contributed by atoms with Crippen LogP contribution in [0, 0.1) is 0 Å². The summed E-state index contributed by atoms with van der Waals surface area (Å²) in [5.74, 6) is 0. The summed E-state index contributed by atoms with van der Waals surface area (Å²) >= 11 is 0. The van der Waals surface area contributed by atoms with E-state index < -0.39 is 5.60 Å². The second-order valence-corrected chi connectivity index (χ2v) is 6.29. The fraction of sp³-hybridized carbons (Fsp3) is 0.923. The normalized spacial score (nSPS) is 21.4. The summed E-state index contributed by atoms with van der Waals surface area (Å²) in [6.07, 6.45) is -0.193. The molecule has 17 heavy (non-hydrogen) atoms. The van der Waals surface area contributed by atoms with Crippen LogP contribution in [0.25, 0.3) is 0 Å². The lowest BCUT2D eigenvalue weighted by Crippen LogP contribution is -2.60. The molecule has 0 aromatic rings. The SMILES string of the molecule is CCN1CCN(C(=O)OC(C)(C)C)CC1(C)C. The number of carbonyl (C=O) groups is 1. The number of amides is 1. The lowest BCUT2D eigenvalue weighted by Gasteiger charge is -2.46. The molecule has 0 saturated carbocycles. The molecular formula is C13H26N2O2. The summed E-state index contributed by atoms with van der Waals surface area (Å²) in [7, 11) is 0. The van der Waals surface area contributed by atoms with Gasteiger partial charge < -0.3 is 9.64 Å². The third-order valence-corrected chi connectivity index (χ3v) is 3.11. The van der Waals surface area contributed by atoms with E-state index in [1.165, 1.54) is 0 Å². The van der Waals surface area contributed by atoms with Crippen molar-refractivity contribution < 1.29 is 9.53 Å². The second-order valence-electron chi connectivity index (χ2n) is 6.29. The molecule has 0 aromatic heterocycles. The summed E-state index contributed by atoms with van der Waals surface area (Å²) in [5, 5.41) is 0. The zero-order chi connectivity index (χ0) is 13.3. The largest absolute Gasteiger partial charge is 0.444 e. The molecule has 0 spiro atoms. The van der Waals surface area contributed by atoms with Crippen LogP contribution >= 0.6 is 0 Å². The van der Waals surface area contributed by atoms with Crippen LogP contribution in [0.3, 0.4) is 0 Å². The maximum Gasteiger partial charge on any atom is 0.410 e. The Morgan fingerprint density at radius 1 is 1.29 bits per heavy atom. The Hall–Kier alpha value is -0.770. The highest BCUT2D eigenvalue weighted by atomic mass is 16.6. The topological polar surface area (TPSA) is 32.8 Å². The van der Waals surface area contributed by atoms with Crippen molar-refractivity contribution in [3.8, 4) is 0 Å². The summed E-state index contributed by atoms with van der Waals surface area (Å²) in [4.78, 5) is 16.2. The quantitative estimate of drug-likeness (QED) is 0.707. The molecule has 4 nitrogen and oxygen atoms in total. The number of hydrogen-bond donors (Lipinski definition) is 0. The maximum absolute atomic E-state index is 12.0. The van der Waals surface area contributed by atoms with Gasteiger partial charge in [-0.25, -0.2) is 4.79 Å². The molecule has 1 saturated heterocycles. The molecule has 4 heteroatoms. The highest BCUT2D eigenvalue weighted by Crippen LogP contribution is 2.22. The molecule has 0 aliphatic carbocycles. The summed E-state index contributed by atoms with van der Waals surface area (Å²) in [5.41, 5.74) is -0.382. The van der Waals surface area contributed by atoms with Crippen LogP contribution in [0.5, 0.6) is 0 Å². The number of rotatable bonds is 1. The highest BCUT2D eigenvalue weighted by molar-refractivity contribution is 5.68. The van der Waals surface area contributed by atoms with Crippen molar-refractivity contribution in [1.29, 1.82) is 0 Å². The number of piperazine rings is 1. The number of likely N-dealkylation sites (N-methyl/N-ethyl adjacent to an activating group) is 1. The van der Waals surface area contributed by atoms with E-state index in [9.17, 15) is 4.79 Å². The van der Waals surface area contributed by atoms with Crippen LogP contribution < -0.4 is 0 Å². The van der Waals surface area contributed by atoms with Crippen LogP contribution in [0.2, 0.25) is 0 Å². The Bertz CT molecular complexity index is 282. The van der Waals surface area contributed by atoms with E-state index in [1.807, 2.05) is 25.7 Å². The monoisotopic (exact) mass is 242 g/mol. The first kappa shape index (κ1) is 14.3. The van der Waals surface area contributed by atoms with Crippen LogP contribution in [0.4, 0.5) is 4.79 Å². The van der Waals surface area contributed by atoms with E-state index in [-0.39, 0.29) is 11.6 Å². The zero-order valence-corrected chi connectivity index (χ0v) is 12.0. The van der Waals surface area contributed by atoms with E-state index in [0.717, 1.165) is 26.2 Å². The van der Waals surface area contributed by atoms with Gasteiger partial charge in [-0.2, -0.15) is 0 Å². The Kier molecular flexibility index (Phi) is 4.07. The molecule has 1 rings (SSSR count). The standard InChI is InChI=1S/C13H26N2O2/c1-7-15-9-8-14(10-13(15,5)6)11(16)17-12(2,3)4/h7-10H2,1-6H3. The Balaban J connectivity index is 2.62. The van der Waals surface area contributed by atoms with E-state index in [4.69, 9.17) is 4.74 Å². The average Bonchev–Trinajstić information content (AvgIpc) is 2.13. The van der Waals surface area contributed by atoms with Gasteiger partial charge in [0.2, 0.25) is 0 Å². The third kappa shape index (κ3) is 3.87. The fourth-order valence-corrected chi connectivity index (χ4v) is 2.26. The van der Waals surface area contributed by atoms with Gasteiger partial charge in [0, 0.05) is 25.2 Å². The first-order valence-electron chi connectivity index (χ1n) is 6.39. The molecule has 0 unspecified atom stereocenters. The highest BCUT2D eigenvalue weighted by Gasteiger charge is 2.36. The van der Waals surface area contributed by atoms with Gasteiger partial charge in [0.1, 0.15) is 5.60 Å². The maximum atomic E-state index is 12.0. The smallest absolute Gasteiger partial charge is 0.410 e. The lowest BCUT2D eigenvalue weighted by molar-refractivity contribution is -0.0135. The van der Waals surface area contributed by atoms with Crippen molar-refractivity contribution in [3.63, 3.8) is 0 Å². The minimum Gasteiger partial charge on any atom is -0.444 e.